The molecular weight excluding hydrogens is 767 g/mol. The normalized spacial score (nSPS) is 11.7. The fourth-order valence-corrected chi connectivity index (χ4v) is 10.2. The van der Waals surface area contributed by atoms with Crippen molar-refractivity contribution >= 4 is 65.6 Å². The van der Waals surface area contributed by atoms with E-state index < -0.39 is 0 Å². The van der Waals surface area contributed by atoms with Crippen molar-refractivity contribution in [3.05, 3.63) is 216 Å². The van der Waals surface area contributed by atoms with Gasteiger partial charge in [0.2, 0.25) is 0 Å². The molecule has 0 aliphatic rings. The number of rotatable bonds is 8. The lowest BCUT2D eigenvalue weighted by molar-refractivity contribution is 0.669. The van der Waals surface area contributed by atoms with Crippen LogP contribution >= 0.6 is 0 Å². The molecule has 3 aromatic heterocycles. The molecule has 0 saturated carbocycles. The highest BCUT2D eigenvalue weighted by molar-refractivity contribution is 6.18. The second kappa shape index (κ2) is 14.8. The first kappa shape index (κ1) is 36.7. The number of hydrogen-bond donors (Lipinski definition) is 0. The number of aryl methyl sites for hydroxylation is 3. The third-order valence-corrected chi connectivity index (χ3v) is 13.0. The van der Waals surface area contributed by atoms with Gasteiger partial charge in [-0.3, -0.25) is 0 Å². The molecule has 0 amide bonds. The Morgan fingerprint density at radius 1 is 0.476 bits per heavy atom. The average Bonchev–Trinajstić information content (AvgIpc) is 3.98. The Bertz CT molecular complexity index is 3800. The monoisotopic (exact) mass is 807 g/mol. The fraction of sp³-hybridized carbons (Fsp3) is 0.0678. The van der Waals surface area contributed by atoms with E-state index >= 15 is 0 Å². The lowest BCUT2D eigenvalue weighted by Gasteiger charge is -2.15. The molecule has 3 heterocycles. The van der Waals surface area contributed by atoms with E-state index in [4.69, 9.17) is 4.42 Å². The summed E-state index contributed by atoms with van der Waals surface area (Å²) in [5.41, 5.74) is 17.5. The van der Waals surface area contributed by atoms with Crippen LogP contribution < -0.4 is 0 Å². The van der Waals surface area contributed by atoms with Gasteiger partial charge in [0.25, 0.3) is 0 Å². The van der Waals surface area contributed by atoms with E-state index in [1.54, 1.807) is 0 Å². The maximum absolute atomic E-state index is 10.5. The van der Waals surface area contributed by atoms with Crippen molar-refractivity contribution < 1.29 is 4.42 Å². The van der Waals surface area contributed by atoms with Crippen LogP contribution in [0.4, 0.5) is 0 Å². The molecule has 0 bridgehead atoms. The number of benzene rings is 9. The highest BCUT2D eigenvalue weighted by Gasteiger charge is 2.21. The van der Waals surface area contributed by atoms with Gasteiger partial charge in [-0.05, 0) is 132 Å². The number of nitriles is 1. The zero-order valence-corrected chi connectivity index (χ0v) is 34.8. The molecule has 0 N–H and O–H groups in total. The van der Waals surface area contributed by atoms with Gasteiger partial charge in [0.05, 0.1) is 33.7 Å². The summed E-state index contributed by atoms with van der Waals surface area (Å²) in [6.07, 6.45) is 3.14. The molecule has 0 saturated heterocycles. The fourth-order valence-electron chi connectivity index (χ4n) is 10.2. The molecule has 0 aliphatic carbocycles. The summed E-state index contributed by atoms with van der Waals surface area (Å²) in [5, 5.41) is 17.4. The van der Waals surface area contributed by atoms with E-state index in [1.807, 2.05) is 24.3 Å². The van der Waals surface area contributed by atoms with E-state index in [2.05, 4.69) is 192 Å². The summed E-state index contributed by atoms with van der Waals surface area (Å²) in [7, 11) is 0. The zero-order chi connectivity index (χ0) is 42.0. The van der Waals surface area contributed by atoms with Crippen LogP contribution in [0.2, 0.25) is 0 Å². The topological polar surface area (TPSA) is 46.8 Å². The van der Waals surface area contributed by atoms with Crippen LogP contribution in [0, 0.1) is 18.3 Å². The van der Waals surface area contributed by atoms with Crippen LogP contribution in [0.3, 0.4) is 0 Å². The summed E-state index contributed by atoms with van der Waals surface area (Å²) in [6, 6.07) is 71.8. The Morgan fingerprint density at radius 2 is 1.19 bits per heavy atom. The molecule has 0 fully saturated rings. The molecule has 4 heteroatoms. The van der Waals surface area contributed by atoms with E-state index in [1.165, 1.54) is 44.1 Å². The summed E-state index contributed by atoms with van der Waals surface area (Å²) >= 11 is 0. The summed E-state index contributed by atoms with van der Waals surface area (Å²) in [6.45, 7) is 2.25. The molecule has 9 aromatic carbocycles. The quantitative estimate of drug-likeness (QED) is 0.154. The van der Waals surface area contributed by atoms with Gasteiger partial charge in [0.15, 0.2) is 0 Å². The zero-order valence-electron chi connectivity index (χ0n) is 34.8. The predicted octanol–water partition coefficient (Wildman–Crippen LogP) is 15.5. The van der Waals surface area contributed by atoms with Gasteiger partial charge < -0.3 is 13.6 Å². The van der Waals surface area contributed by atoms with Gasteiger partial charge >= 0.3 is 0 Å². The third kappa shape index (κ3) is 6.04. The van der Waals surface area contributed by atoms with Crippen LogP contribution in [0.25, 0.3) is 99.2 Å². The predicted molar refractivity (Wildman–Crippen MR) is 261 cm³/mol. The van der Waals surface area contributed by atoms with Crippen molar-refractivity contribution in [1.29, 1.82) is 5.26 Å². The molecule has 4 nitrogen and oxygen atoms in total. The average molecular weight is 808 g/mol. The highest BCUT2D eigenvalue weighted by Crippen LogP contribution is 2.43. The van der Waals surface area contributed by atoms with E-state index in [0.717, 1.165) is 91.0 Å². The largest absolute Gasteiger partial charge is 0.456 e. The van der Waals surface area contributed by atoms with Gasteiger partial charge in [-0.2, -0.15) is 5.26 Å². The van der Waals surface area contributed by atoms with Crippen molar-refractivity contribution in [2.45, 2.75) is 26.2 Å². The Morgan fingerprint density at radius 3 is 2.05 bits per heavy atom. The third-order valence-electron chi connectivity index (χ3n) is 13.0. The summed E-state index contributed by atoms with van der Waals surface area (Å²) in [5.74, 6) is 0. The van der Waals surface area contributed by atoms with Crippen molar-refractivity contribution in [3.8, 4) is 39.7 Å². The lowest BCUT2D eigenvalue weighted by Crippen LogP contribution is -1.98. The van der Waals surface area contributed by atoms with Crippen molar-refractivity contribution in [3.63, 3.8) is 0 Å². The van der Waals surface area contributed by atoms with Crippen LogP contribution in [-0.2, 0) is 12.8 Å². The number of para-hydroxylation sites is 3. The molecule has 0 radical (unpaired) electrons. The van der Waals surface area contributed by atoms with Crippen molar-refractivity contribution in [2.24, 2.45) is 0 Å². The molecular formula is C59H41N3O. The highest BCUT2D eigenvalue weighted by atomic mass is 16.3. The smallest absolute Gasteiger partial charge is 0.136 e. The number of hydrogen-bond acceptors (Lipinski definition) is 2. The number of fused-ring (bicyclic) bond motifs is 9. The van der Waals surface area contributed by atoms with E-state index in [9.17, 15) is 5.26 Å². The summed E-state index contributed by atoms with van der Waals surface area (Å²) < 4.78 is 11.1. The molecule has 0 atom stereocenters. The van der Waals surface area contributed by atoms with E-state index in [-0.39, 0.29) is 0 Å². The minimum absolute atomic E-state index is 0.605. The van der Waals surface area contributed by atoms with Gasteiger partial charge in [-0.15, -0.1) is 0 Å². The molecule has 12 rings (SSSR count). The van der Waals surface area contributed by atoms with Crippen molar-refractivity contribution in [1.82, 2.24) is 9.13 Å². The summed E-state index contributed by atoms with van der Waals surface area (Å²) in [4.78, 5) is 0. The molecule has 0 spiro atoms. The minimum Gasteiger partial charge on any atom is -0.456 e. The van der Waals surface area contributed by atoms with E-state index in [0.29, 0.717) is 5.56 Å². The van der Waals surface area contributed by atoms with Crippen LogP contribution in [0.1, 0.15) is 28.7 Å². The molecule has 298 valence electrons. The second-order valence-corrected chi connectivity index (χ2v) is 16.7. The number of aromatic nitrogens is 2. The number of nitrogens with zero attached hydrogens (tertiary/aromatic N) is 3. The first-order chi connectivity index (χ1) is 31.1. The first-order valence-electron chi connectivity index (χ1n) is 21.8. The molecule has 0 unspecified atom stereocenters. The Hall–Kier alpha value is -8.13. The molecule has 12 aromatic rings. The van der Waals surface area contributed by atoms with Crippen LogP contribution in [0.5, 0.6) is 0 Å². The van der Waals surface area contributed by atoms with Crippen LogP contribution in [-0.4, -0.2) is 9.13 Å². The van der Waals surface area contributed by atoms with Crippen molar-refractivity contribution in [2.75, 3.05) is 0 Å². The molecule has 63 heavy (non-hydrogen) atoms. The Balaban J connectivity index is 1.00. The SMILES string of the molecule is Cc1ccc2c(c1-c1ccccc1CCCc1ccccc1)c1ccccc1n2-c1cccc(-c2cc(C#N)cc(-n3c4ccccc4c4cc5oc6ccccc6c5cc43)c2)c1. The Kier molecular flexibility index (Phi) is 8.62. The van der Waals surface area contributed by atoms with Crippen LogP contribution in [0.15, 0.2) is 199 Å². The Labute approximate surface area is 365 Å². The standard InChI is InChI=1S/C59H41N3O/c1-38-29-30-54-59(58(38)46-22-6-5-18-41(46)19-13-17-39-15-3-2-4-16-39)49-25-8-11-27-53(49)61(54)44-21-14-20-42(33-44)43-31-40(37-60)32-45(34-43)62-52-26-10-7-23-47(52)50-36-57-51(35-55(50)62)48-24-9-12-28-56(48)63-57/h2-12,14-16,18,20-36H,13,17,19H2,1H3. The van der Waals surface area contributed by atoms with Gasteiger partial charge in [-0.1, -0.05) is 127 Å². The second-order valence-electron chi connectivity index (χ2n) is 16.7. The van der Waals surface area contributed by atoms with Gasteiger partial charge in [0, 0.05) is 43.7 Å². The lowest BCUT2D eigenvalue weighted by atomic mass is 9.90. The number of furan rings is 1. The van der Waals surface area contributed by atoms with Gasteiger partial charge in [-0.25, -0.2) is 0 Å². The maximum atomic E-state index is 10.5. The first-order valence-corrected chi connectivity index (χ1v) is 21.8. The molecule has 0 aliphatic heterocycles. The van der Waals surface area contributed by atoms with Gasteiger partial charge in [0.1, 0.15) is 11.2 Å². The maximum Gasteiger partial charge on any atom is 0.136 e. The minimum atomic E-state index is 0.605.